The van der Waals surface area contributed by atoms with E-state index in [0.717, 1.165) is 25.6 Å². The van der Waals surface area contributed by atoms with Gasteiger partial charge in [0.2, 0.25) is 6.41 Å². The second-order valence-electron chi connectivity index (χ2n) is 5.45. The normalized spacial score (nSPS) is 19.4. The summed E-state index contributed by atoms with van der Waals surface area (Å²) in [5.41, 5.74) is 5.32. The molecular weight excluding hydrogens is 258 g/mol. The number of hydrogen-bond acceptors (Lipinski definition) is 5. The number of ether oxygens (including phenoxy) is 2. The second-order valence-corrected chi connectivity index (χ2v) is 5.45. The van der Waals surface area contributed by atoms with E-state index in [0.29, 0.717) is 39.3 Å². The van der Waals surface area contributed by atoms with Crippen molar-refractivity contribution in [3.05, 3.63) is 0 Å². The number of nitrogens with two attached hydrogens (primary N) is 1. The minimum absolute atomic E-state index is 0.0912. The van der Waals surface area contributed by atoms with E-state index in [1.807, 2.05) is 0 Å². The van der Waals surface area contributed by atoms with Crippen LogP contribution in [0, 0.1) is 5.92 Å². The quantitative estimate of drug-likeness (QED) is 0.488. The molecule has 0 saturated carbocycles. The maximum absolute atomic E-state index is 10.2. The summed E-state index contributed by atoms with van der Waals surface area (Å²) >= 11 is 0. The predicted octanol–water partition coefficient (Wildman–Crippen LogP) is 0.0708. The molecule has 1 atom stereocenters. The largest absolute Gasteiger partial charge is 0.379 e. The first-order valence-corrected chi connectivity index (χ1v) is 7.39. The molecular formula is C14H31N3O3. The summed E-state index contributed by atoms with van der Waals surface area (Å²) in [4.78, 5) is 12.4. The highest BCUT2D eigenvalue weighted by molar-refractivity contribution is 5.45. The van der Waals surface area contributed by atoms with Gasteiger partial charge in [0.1, 0.15) is 0 Å². The van der Waals surface area contributed by atoms with Gasteiger partial charge < -0.3 is 20.5 Å². The molecule has 0 bridgehead atoms. The number of hydrogen-bond donors (Lipinski definition) is 2. The summed E-state index contributed by atoms with van der Waals surface area (Å²) in [7, 11) is 0. The van der Waals surface area contributed by atoms with Crippen LogP contribution in [0.3, 0.4) is 0 Å². The molecule has 6 heteroatoms. The number of rotatable bonds is 8. The lowest BCUT2D eigenvalue weighted by Crippen LogP contribution is -2.47. The van der Waals surface area contributed by atoms with Crippen LogP contribution < -0.4 is 11.1 Å². The topological polar surface area (TPSA) is 76.8 Å². The number of nitrogens with zero attached hydrogens (tertiary/aromatic N) is 1. The van der Waals surface area contributed by atoms with Gasteiger partial charge in [0.05, 0.1) is 25.9 Å². The number of morpholine rings is 1. The van der Waals surface area contributed by atoms with Gasteiger partial charge in [-0.15, -0.1) is 0 Å². The van der Waals surface area contributed by atoms with Gasteiger partial charge >= 0.3 is 0 Å². The third kappa shape index (κ3) is 12.3. The highest BCUT2D eigenvalue weighted by Crippen LogP contribution is 2.03. The molecule has 1 saturated heterocycles. The molecule has 1 aliphatic rings. The third-order valence-electron chi connectivity index (χ3n) is 2.47. The maximum Gasteiger partial charge on any atom is 0.207 e. The molecule has 0 spiro atoms. The zero-order chi connectivity index (χ0) is 15.2. The van der Waals surface area contributed by atoms with E-state index in [4.69, 9.17) is 15.2 Å². The van der Waals surface area contributed by atoms with Crippen LogP contribution in [-0.2, 0) is 14.3 Å². The lowest BCUT2D eigenvalue weighted by molar-refractivity contribution is -0.110. The Balaban J connectivity index is 0.000000796. The Morgan fingerprint density at radius 3 is 2.75 bits per heavy atom. The lowest BCUT2D eigenvalue weighted by atomic mass is 10.2. The van der Waals surface area contributed by atoms with Gasteiger partial charge in [-0.3, -0.25) is 9.69 Å². The summed E-state index contributed by atoms with van der Waals surface area (Å²) in [5, 5.41) is 2.63. The van der Waals surface area contributed by atoms with Crippen molar-refractivity contribution in [3.8, 4) is 0 Å². The minimum atomic E-state index is 0.0912. The Labute approximate surface area is 123 Å². The first-order chi connectivity index (χ1) is 9.60. The molecule has 1 unspecified atom stereocenters. The lowest BCUT2D eigenvalue weighted by Gasteiger charge is -2.32. The molecule has 1 heterocycles. The van der Waals surface area contributed by atoms with Crippen molar-refractivity contribution in [3.63, 3.8) is 0 Å². The second kappa shape index (κ2) is 13.3. The van der Waals surface area contributed by atoms with Crippen molar-refractivity contribution in [2.45, 2.75) is 26.9 Å². The molecule has 120 valence electrons. The average Bonchev–Trinajstić information content (AvgIpc) is 2.41. The Bertz CT molecular complexity index is 225. The van der Waals surface area contributed by atoms with Crippen LogP contribution in [0.25, 0.3) is 0 Å². The van der Waals surface area contributed by atoms with E-state index >= 15 is 0 Å². The molecule has 0 aliphatic carbocycles. The van der Waals surface area contributed by atoms with Crippen LogP contribution in [0.5, 0.6) is 0 Å². The van der Waals surface area contributed by atoms with Crippen LogP contribution in [0.2, 0.25) is 0 Å². The number of nitrogens with one attached hydrogen (secondary N) is 1. The first kappa shape index (κ1) is 19.3. The fourth-order valence-corrected chi connectivity index (χ4v) is 1.67. The van der Waals surface area contributed by atoms with Gasteiger partial charge in [0.15, 0.2) is 0 Å². The summed E-state index contributed by atoms with van der Waals surface area (Å²) in [5.74, 6) is 0.833. The van der Waals surface area contributed by atoms with E-state index in [1.165, 1.54) is 0 Å². The van der Waals surface area contributed by atoms with E-state index in [-0.39, 0.29) is 6.10 Å². The van der Waals surface area contributed by atoms with Gasteiger partial charge in [-0.05, 0) is 5.92 Å². The molecule has 0 aromatic rings. The summed E-state index contributed by atoms with van der Waals surface area (Å²) in [6.45, 7) is 12.3. The Hall–Kier alpha value is -0.690. The molecule has 20 heavy (non-hydrogen) atoms. The van der Waals surface area contributed by atoms with Gasteiger partial charge in [0.25, 0.3) is 0 Å². The van der Waals surface area contributed by atoms with Crippen molar-refractivity contribution in [1.29, 1.82) is 0 Å². The highest BCUT2D eigenvalue weighted by atomic mass is 16.5. The van der Waals surface area contributed by atoms with E-state index in [9.17, 15) is 4.79 Å². The average molecular weight is 289 g/mol. The molecule has 1 rings (SSSR count). The van der Waals surface area contributed by atoms with Crippen LogP contribution in [0.4, 0.5) is 0 Å². The number of amides is 1. The van der Waals surface area contributed by atoms with Crippen molar-refractivity contribution in [2.24, 2.45) is 11.7 Å². The standard InChI is InChI=1S/C10H21N3O3.C4H10/c11-1-4-15-5-2-13-3-6-16-10(8-13)7-12-9-14;1-4(2)3/h9-10H,1-8,11H2,(H,12,14);4H,1-3H3. The fraction of sp³-hybridized carbons (Fsp3) is 0.929. The zero-order valence-corrected chi connectivity index (χ0v) is 13.1. The highest BCUT2D eigenvalue weighted by Gasteiger charge is 2.19. The smallest absolute Gasteiger partial charge is 0.207 e. The molecule has 0 aromatic carbocycles. The van der Waals surface area contributed by atoms with Crippen molar-refractivity contribution in [2.75, 3.05) is 52.5 Å². The maximum atomic E-state index is 10.2. The first-order valence-electron chi connectivity index (χ1n) is 7.39. The van der Waals surface area contributed by atoms with E-state index < -0.39 is 0 Å². The molecule has 3 N–H and O–H groups in total. The molecule has 6 nitrogen and oxygen atoms in total. The van der Waals surface area contributed by atoms with E-state index in [2.05, 4.69) is 31.0 Å². The summed E-state index contributed by atoms with van der Waals surface area (Å²) in [6.07, 6.45) is 0.792. The minimum Gasteiger partial charge on any atom is -0.379 e. The monoisotopic (exact) mass is 289 g/mol. The molecule has 1 amide bonds. The number of carbonyl (C=O) groups excluding carboxylic acids is 1. The van der Waals surface area contributed by atoms with Gasteiger partial charge in [-0.2, -0.15) is 0 Å². The SMILES string of the molecule is CC(C)C.NCCOCCN1CCOC(CNC=O)C1. The van der Waals surface area contributed by atoms with Gasteiger partial charge in [-0.25, -0.2) is 0 Å². The van der Waals surface area contributed by atoms with Crippen LogP contribution in [0.1, 0.15) is 20.8 Å². The number of carbonyl (C=O) groups is 1. The molecule has 1 aliphatic heterocycles. The molecule has 0 aromatic heterocycles. The Kier molecular flexibility index (Phi) is 12.8. The molecule has 1 fully saturated rings. The van der Waals surface area contributed by atoms with Crippen molar-refractivity contribution >= 4 is 6.41 Å². The molecule has 0 radical (unpaired) electrons. The Morgan fingerprint density at radius 1 is 1.45 bits per heavy atom. The fourth-order valence-electron chi connectivity index (χ4n) is 1.67. The van der Waals surface area contributed by atoms with Crippen molar-refractivity contribution < 1.29 is 14.3 Å². The van der Waals surface area contributed by atoms with Gasteiger partial charge in [-0.1, -0.05) is 20.8 Å². The van der Waals surface area contributed by atoms with Gasteiger partial charge in [0, 0.05) is 32.7 Å². The summed E-state index contributed by atoms with van der Waals surface area (Å²) < 4.78 is 10.8. The zero-order valence-electron chi connectivity index (χ0n) is 13.1. The Morgan fingerprint density at radius 2 is 2.15 bits per heavy atom. The summed E-state index contributed by atoms with van der Waals surface area (Å²) in [6, 6.07) is 0. The predicted molar refractivity (Wildman–Crippen MR) is 80.6 cm³/mol. The third-order valence-corrected chi connectivity index (χ3v) is 2.47. The van der Waals surface area contributed by atoms with Crippen LogP contribution >= 0.6 is 0 Å². The van der Waals surface area contributed by atoms with Crippen LogP contribution in [0.15, 0.2) is 0 Å². The van der Waals surface area contributed by atoms with Crippen LogP contribution in [-0.4, -0.2) is 70.0 Å². The van der Waals surface area contributed by atoms with Crippen molar-refractivity contribution in [1.82, 2.24) is 10.2 Å². The van der Waals surface area contributed by atoms with E-state index in [1.54, 1.807) is 0 Å².